The zero-order chi connectivity index (χ0) is 19.9. The highest BCUT2D eigenvalue weighted by Crippen LogP contribution is 2.28. The van der Waals surface area contributed by atoms with Crippen LogP contribution in [0.25, 0.3) is 0 Å². The van der Waals surface area contributed by atoms with Crippen molar-refractivity contribution in [1.29, 1.82) is 0 Å². The predicted molar refractivity (Wildman–Crippen MR) is 89.8 cm³/mol. The third kappa shape index (κ3) is 5.86. The zero-order valence-electron chi connectivity index (χ0n) is 15.8. The molecule has 146 valence electrons. The summed E-state index contributed by atoms with van der Waals surface area (Å²) in [4.78, 5) is 47.4. The van der Waals surface area contributed by atoms with E-state index in [1.165, 1.54) is 20.1 Å². The molecule has 0 spiro atoms. The van der Waals surface area contributed by atoms with E-state index in [9.17, 15) is 19.2 Å². The smallest absolute Gasteiger partial charge is 0.333 e. The highest BCUT2D eigenvalue weighted by atomic mass is 16.6. The van der Waals surface area contributed by atoms with Gasteiger partial charge >= 0.3 is 23.9 Å². The molecule has 0 heterocycles. The Hall–Kier alpha value is -2.38. The molecule has 26 heavy (non-hydrogen) atoms. The molecule has 0 aromatic carbocycles. The van der Waals surface area contributed by atoms with Gasteiger partial charge in [-0.2, -0.15) is 0 Å². The maximum atomic E-state index is 12.2. The van der Waals surface area contributed by atoms with Crippen LogP contribution in [0, 0.1) is 5.92 Å². The van der Waals surface area contributed by atoms with Gasteiger partial charge in [0, 0.05) is 25.3 Å². The van der Waals surface area contributed by atoms with Crippen LogP contribution in [0.1, 0.15) is 47.0 Å². The van der Waals surface area contributed by atoms with Crippen LogP contribution in [-0.2, 0) is 38.1 Å². The molecule has 0 bridgehead atoms. The molecule has 0 N–H and O–H groups in total. The molecule has 0 saturated carbocycles. The minimum atomic E-state index is -1.06. The quantitative estimate of drug-likeness (QED) is 0.492. The summed E-state index contributed by atoms with van der Waals surface area (Å²) in [6.07, 6.45) is -1.02. The van der Waals surface area contributed by atoms with Crippen LogP contribution in [-0.4, -0.2) is 49.3 Å². The molecule has 8 nitrogen and oxygen atoms in total. The van der Waals surface area contributed by atoms with Gasteiger partial charge in [0.05, 0.1) is 13.0 Å². The van der Waals surface area contributed by atoms with Crippen molar-refractivity contribution in [2.45, 2.75) is 65.3 Å². The summed E-state index contributed by atoms with van der Waals surface area (Å²) in [5.74, 6) is -2.64. The van der Waals surface area contributed by atoms with E-state index in [0.717, 1.165) is 0 Å². The lowest BCUT2D eigenvalue weighted by atomic mass is 9.91. The summed E-state index contributed by atoms with van der Waals surface area (Å²) >= 11 is 0. The number of rotatable bonds is 7. The molecule has 4 atom stereocenters. The normalized spacial score (nSPS) is 23.3. The number of ether oxygens (including phenoxy) is 4. The van der Waals surface area contributed by atoms with E-state index in [1.807, 2.05) is 6.92 Å². The van der Waals surface area contributed by atoms with Crippen molar-refractivity contribution in [2.75, 3.05) is 7.11 Å². The Morgan fingerprint density at radius 1 is 1.15 bits per heavy atom. The number of hydrogen-bond donors (Lipinski definition) is 0. The van der Waals surface area contributed by atoms with Gasteiger partial charge < -0.3 is 18.9 Å². The average molecular weight is 370 g/mol. The maximum absolute atomic E-state index is 12.2. The van der Waals surface area contributed by atoms with E-state index in [2.05, 4.69) is 0 Å². The molecule has 4 unspecified atom stereocenters. The lowest BCUT2D eigenvalue weighted by Crippen LogP contribution is -2.48. The van der Waals surface area contributed by atoms with Gasteiger partial charge in [-0.25, -0.2) is 4.79 Å². The summed E-state index contributed by atoms with van der Waals surface area (Å²) in [5, 5.41) is 0. The molecule has 0 aliphatic heterocycles. The first-order chi connectivity index (χ1) is 12.2. The molecule has 0 fully saturated rings. The van der Waals surface area contributed by atoms with E-state index < -0.39 is 42.2 Å². The average Bonchev–Trinajstić information content (AvgIpc) is 2.61. The lowest BCUT2D eigenvalue weighted by molar-refractivity contribution is -0.184. The van der Waals surface area contributed by atoms with Crippen molar-refractivity contribution < 1.29 is 38.1 Å². The minimum absolute atomic E-state index is 0.00568. The monoisotopic (exact) mass is 370 g/mol. The number of carbonyl (C=O) groups is 4. The molecule has 0 aromatic heterocycles. The standard InChI is InChI=1S/C18H26O8/c1-6-10(3)17(21)25-14-9-12(18(22)23-5)8-13(24-11(4)19)16(14)26-15(20)7-2/h8,10,13-14,16H,6-7,9H2,1-5H3. The Balaban J connectivity index is 3.19. The Morgan fingerprint density at radius 2 is 1.81 bits per heavy atom. The van der Waals surface area contributed by atoms with Gasteiger partial charge in [0.1, 0.15) is 6.10 Å². The van der Waals surface area contributed by atoms with Gasteiger partial charge in [0.15, 0.2) is 12.2 Å². The first-order valence-corrected chi connectivity index (χ1v) is 8.59. The highest BCUT2D eigenvalue weighted by molar-refractivity contribution is 5.89. The van der Waals surface area contributed by atoms with Crippen molar-refractivity contribution in [3.05, 3.63) is 11.6 Å². The molecule has 1 aliphatic rings. The second kappa shape index (κ2) is 9.94. The number of methoxy groups -OCH3 is 1. The van der Waals surface area contributed by atoms with E-state index >= 15 is 0 Å². The van der Waals surface area contributed by atoms with Gasteiger partial charge in [-0.05, 0) is 12.5 Å². The van der Waals surface area contributed by atoms with Crippen LogP contribution in [0.15, 0.2) is 11.6 Å². The molecule has 0 amide bonds. The van der Waals surface area contributed by atoms with Crippen molar-refractivity contribution in [3.63, 3.8) is 0 Å². The summed E-state index contributed by atoms with van der Waals surface area (Å²) < 4.78 is 20.7. The molecule has 0 aromatic rings. The summed E-state index contributed by atoms with van der Waals surface area (Å²) in [6, 6.07) is 0. The predicted octanol–water partition coefficient (Wildman–Crippen LogP) is 1.70. The van der Waals surface area contributed by atoms with Gasteiger partial charge in [0.2, 0.25) is 0 Å². The SMILES string of the molecule is CCC(=O)OC1C(OC(C)=O)C=C(C(=O)OC)CC1OC(=O)C(C)CC. The Bertz CT molecular complexity index is 580. The van der Waals surface area contributed by atoms with E-state index in [-0.39, 0.29) is 24.3 Å². The van der Waals surface area contributed by atoms with Gasteiger partial charge in [-0.3, -0.25) is 14.4 Å². The fourth-order valence-corrected chi connectivity index (χ4v) is 2.40. The van der Waals surface area contributed by atoms with Crippen LogP contribution < -0.4 is 0 Å². The molecule has 8 heteroatoms. The number of esters is 4. The second-order valence-electron chi connectivity index (χ2n) is 6.05. The van der Waals surface area contributed by atoms with Gasteiger partial charge in [-0.15, -0.1) is 0 Å². The molecule has 0 radical (unpaired) electrons. The fraction of sp³-hybridized carbons (Fsp3) is 0.667. The van der Waals surface area contributed by atoms with Crippen LogP contribution in [0.2, 0.25) is 0 Å². The number of hydrogen-bond acceptors (Lipinski definition) is 8. The maximum Gasteiger partial charge on any atom is 0.333 e. The van der Waals surface area contributed by atoms with E-state index in [1.54, 1.807) is 13.8 Å². The zero-order valence-corrected chi connectivity index (χ0v) is 15.8. The number of carbonyl (C=O) groups excluding carboxylic acids is 4. The third-order valence-electron chi connectivity index (χ3n) is 4.06. The molecule has 0 saturated heterocycles. The fourth-order valence-electron chi connectivity index (χ4n) is 2.40. The minimum Gasteiger partial charge on any atom is -0.466 e. The Morgan fingerprint density at radius 3 is 2.31 bits per heavy atom. The molecule has 1 rings (SSSR count). The largest absolute Gasteiger partial charge is 0.466 e. The lowest BCUT2D eigenvalue weighted by Gasteiger charge is -2.35. The summed E-state index contributed by atoms with van der Waals surface area (Å²) in [7, 11) is 1.22. The second-order valence-corrected chi connectivity index (χ2v) is 6.05. The highest BCUT2D eigenvalue weighted by Gasteiger charge is 2.42. The summed E-state index contributed by atoms with van der Waals surface area (Å²) in [6.45, 7) is 6.35. The Kier molecular flexibility index (Phi) is 8.28. The van der Waals surface area contributed by atoms with E-state index in [0.29, 0.717) is 6.42 Å². The van der Waals surface area contributed by atoms with Gasteiger partial charge in [0.25, 0.3) is 0 Å². The van der Waals surface area contributed by atoms with Crippen molar-refractivity contribution in [1.82, 2.24) is 0 Å². The molecule has 1 aliphatic carbocycles. The molecular formula is C18H26O8. The van der Waals surface area contributed by atoms with Crippen LogP contribution >= 0.6 is 0 Å². The summed E-state index contributed by atoms with van der Waals surface area (Å²) in [5.41, 5.74) is 0.185. The third-order valence-corrected chi connectivity index (χ3v) is 4.06. The topological polar surface area (TPSA) is 105 Å². The van der Waals surface area contributed by atoms with Crippen LogP contribution in [0.4, 0.5) is 0 Å². The van der Waals surface area contributed by atoms with E-state index in [4.69, 9.17) is 18.9 Å². The molecular weight excluding hydrogens is 344 g/mol. The van der Waals surface area contributed by atoms with Gasteiger partial charge in [-0.1, -0.05) is 20.8 Å². The first-order valence-electron chi connectivity index (χ1n) is 8.59. The van der Waals surface area contributed by atoms with Crippen molar-refractivity contribution >= 4 is 23.9 Å². The van der Waals surface area contributed by atoms with Crippen LogP contribution in [0.5, 0.6) is 0 Å². The Labute approximate surface area is 152 Å². The van der Waals surface area contributed by atoms with Crippen molar-refractivity contribution in [2.24, 2.45) is 5.92 Å². The first kappa shape index (κ1) is 21.7. The van der Waals surface area contributed by atoms with Crippen molar-refractivity contribution in [3.8, 4) is 0 Å². The van der Waals surface area contributed by atoms with Crippen LogP contribution in [0.3, 0.4) is 0 Å².